The van der Waals surface area contributed by atoms with Gasteiger partial charge in [-0.15, -0.1) is 0 Å². The number of aldehydes is 1. The topological polar surface area (TPSA) is 33.2 Å². The average molecular weight is 254 g/mol. The lowest BCUT2D eigenvalue weighted by molar-refractivity contribution is 0.112. The van der Waals surface area contributed by atoms with Crippen LogP contribution in [0.25, 0.3) is 0 Å². The fraction of sp³-hybridized carbons (Fsp3) is 0.692. The monoisotopic (exact) mass is 254 g/mol. The fourth-order valence-electron chi connectivity index (χ4n) is 1.60. The second-order valence-electron chi connectivity index (χ2n) is 5.11. The molecule has 0 aliphatic rings. The minimum Gasteiger partial charge on any atom is -0.348 e. The van der Waals surface area contributed by atoms with Gasteiger partial charge in [-0.3, -0.25) is 4.79 Å². The number of thiazole rings is 1. The zero-order valence-corrected chi connectivity index (χ0v) is 12.3. The predicted octanol–water partition coefficient (Wildman–Crippen LogP) is 3.56. The van der Waals surface area contributed by atoms with E-state index in [2.05, 4.69) is 44.5 Å². The first-order valence-corrected chi connectivity index (χ1v) is 6.88. The van der Waals surface area contributed by atoms with E-state index in [1.54, 1.807) is 0 Å². The van der Waals surface area contributed by atoms with Crippen molar-refractivity contribution in [1.82, 2.24) is 4.98 Å². The first-order valence-electron chi connectivity index (χ1n) is 6.07. The number of carbonyl (C=O) groups is 1. The normalized spacial score (nSPS) is 13.2. The minimum absolute atomic E-state index is 0.294. The molecule has 0 saturated carbocycles. The molecule has 0 bridgehead atoms. The second-order valence-corrected chi connectivity index (χ2v) is 6.12. The van der Waals surface area contributed by atoms with E-state index < -0.39 is 0 Å². The van der Waals surface area contributed by atoms with E-state index in [9.17, 15) is 4.79 Å². The van der Waals surface area contributed by atoms with Gasteiger partial charge in [0.1, 0.15) is 0 Å². The minimum atomic E-state index is 0.294. The predicted molar refractivity (Wildman–Crippen MR) is 74.3 cm³/mol. The van der Waals surface area contributed by atoms with Crippen LogP contribution in [0.2, 0.25) is 0 Å². The van der Waals surface area contributed by atoms with Crippen LogP contribution in [0, 0.1) is 5.92 Å². The maximum Gasteiger partial charge on any atom is 0.186 e. The second kappa shape index (κ2) is 5.63. The largest absolute Gasteiger partial charge is 0.348 e. The van der Waals surface area contributed by atoms with Crippen LogP contribution in [-0.2, 0) is 0 Å². The molecular weight excluding hydrogens is 232 g/mol. The number of carbonyl (C=O) groups excluding carboxylic acids is 1. The van der Waals surface area contributed by atoms with Gasteiger partial charge in [-0.25, -0.2) is 4.98 Å². The van der Waals surface area contributed by atoms with Crippen molar-refractivity contribution in [2.24, 2.45) is 5.92 Å². The number of rotatable bonds is 5. The van der Waals surface area contributed by atoms with Crippen LogP contribution in [0.4, 0.5) is 5.13 Å². The molecule has 0 aromatic carbocycles. The standard InChI is InChI=1S/C13H22N2OS/c1-8(2)10(5)15(6)13-14-12(9(3)4)11(7-16)17-13/h7-10H,1-6H3. The summed E-state index contributed by atoms with van der Waals surface area (Å²) in [6.07, 6.45) is 0.921. The Balaban J connectivity index is 3.03. The van der Waals surface area contributed by atoms with E-state index >= 15 is 0 Å². The number of nitrogens with zero attached hydrogens (tertiary/aromatic N) is 2. The lowest BCUT2D eigenvalue weighted by Gasteiger charge is -2.27. The maximum atomic E-state index is 11.0. The van der Waals surface area contributed by atoms with Gasteiger partial charge in [0.25, 0.3) is 0 Å². The van der Waals surface area contributed by atoms with E-state index in [-0.39, 0.29) is 0 Å². The summed E-state index contributed by atoms with van der Waals surface area (Å²) in [6, 6.07) is 0.417. The Morgan fingerprint density at radius 3 is 2.18 bits per heavy atom. The van der Waals surface area contributed by atoms with E-state index in [0.29, 0.717) is 17.9 Å². The zero-order chi connectivity index (χ0) is 13.2. The molecule has 4 heteroatoms. The molecule has 0 fully saturated rings. The Bertz CT molecular complexity index is 385. The SMILES string of the molecule is CC(C)c1nc(N(C)C(C)C(C)C)sc1C=O. The van der Waals surface area contributed by atoms with Crippen LogP contribution >= 0.6 is 11.3 Å². The van der Waals surface area contributed by atoms with Gasteiger partial charge in [-0.05, 0) is 18.8 Å². The smallest absolute Gasteiger partial charge is 0.186 e. The number of aromatic nitrogens is 1. The third kappa shape index (κ3) is 3.06. The molecule has 96 valence electrons. The van der Waals surface area contributed by atoms with Crippen molar-refractivity contribution in [3.05, 3.63) is 10.6 Å². The van der Waals surface area contributed by atoms with Crippen LogP contribution in [-0.4, -0.2) is 24.4 Å². The summed E-state index contributed by atoms with van der Waals surface area (Å²) in [6.45, 7) is 10.7. The zero-order valence-electron chi connectivity index (χ0n) is 11.5. The van der Waals surface area contributed by atoms with E-state index in [0.717, 1.165) is 22.0 Å². The van der Waals surface area contributed by atoms with E-state index in [1.807, 2.05) is 7.05 Å². The molecule has 3 nitrogen and oxygen atoms in total. The van der Waals surface area contributed by atoms with Crippen LogP contribution in [0.5, 0.6) is 0 Å². The molecule has 1 aromatic rings. The van der Waals surface area contributed by atoms with Crippen molar-refractivity contribution >= 4 is 22.8 Å². The molecule has 0 spiro atoms. The van der Waals surface area contributed by atoms with Gasteiger partial charge in [-0.2, -0.15) is 0 Å². The third-order valence-corrected chi connectivity index (χ3v) is 4.29. The summed E-state index contributed by atoms with van der Waals surface area (Å²) in [5.41, 5.74) is 0.919. The first-order chi connectivity index (χ1) is 7.88. The molecule has 1 atom stereocenters. The van der Waals surface area contributed by atoms with E-state index in [4.69, 9.17) is 0 Å². The summed E-state index contributed by atoms with van der Waals surface area (Å²) in [5, 5.41) is 0.942. The van der Waals surface area contributed by atoms with Crippen molar-refractivity contribution in [2.75, 3.05) is 11.9 Å². The highest BCUT2D eigenvalue weighted by Gasteiger charge is 2.20. The number of hydrogen-bond donors (Lipinski definition) is 0. The fourth-order valence-corrected chi connectivity index (χ4v) is 2.69. The molecule has 0 amide bonds. The summed E-state index contributed by atoms with van der Waals surface area (Å²) in [5.74, 6) is 0.856. The molecule has 1 heterocycles. The summed E-state index contributed by atoms with van der Waals surface area (Å²) in [7, 11) is 2.04. The Kier molecular flexibility index (Phi) is 4.69. The molecule has 1 rings (SSSR count). The molecule has 0 aliphatic carbocycles. The number of anilines is 1. The van der Waals surface area contributed by atoms with Gasteiger partial charge in [0.2, 0.25) is 0 Å². The third-order valence-electron chi connectivity index (χ3n) is 3.20. The lowest BCUT2D eigenvalue weighted by Crippen LogP contribution is -2.33. The van der Waals surface area contributed by atoms with Crippen molar-refractivity contribution in [3.8, 4) is 0 Å². The summed E-state index contributed by atoms with van der Waals surface area (Å²) in [4.78, 5) is 18.5. The van der Waals surface area contributed by atoms with Gasteiger partial charge < -0.3 is 4.90 Å². The van der Waals surface area contributed by atoms with Gasteiger partial charge in [0.15, 0.2) is 11.4 Å². The summed E-state index contributed by atoms with van der Waals surface area (Å²) < 4.78 is 0. The van der Waals surface area contributed by atoms with Gasteiger partial charge in [0, 0.05) is 13.1 Å². The Hall–Kier alpha value is -0.900. The van der Waals surface area contributed by atoms with Gasteiger partial charge in [-0.1, -0.05) is 39.0 Å². The van der Waals surface area contributed by atoms with Gasteiger partial charge in [0.05, 0.1) is 10.6 Å². The Labute approximate surface area is 108 Å². The highest BCUT2D eigenvalue weighted by Crippen LogP contribution is 2.30. The average Bonchev–Trinajstić information content (AvgIpc) is 2.70. The van der Waals surface area contributed by atoms with Crippen LogP contribution in [0.3, 0.4) is 0 Å². The lowest BCUT2D eigenvalue weighted by atomic mass is 10.1. The van der Waals surface area contributed by atoms with Crippen molar-refractivity contribution in [3.63, 3.8) is 0 Å². The van der Waals surface area contributed by atoms with Crippen LogP contribution < -0.4 is 4.90 Å². The van der Waals surface area contributed by atoms with Gasteiger partial charge >= 0.3 is 0 Å². The van der Waals surface area contributed by atoms with Crippen molar-refractivity contribution in [1.29, 1.82) is 0 Å². The molecule has 0 aliphatic heterocycles. The van der Waals surface area contributed by atoms with E-state index in [1.165, 1.54) is 11.3 Å². The summed E-state index contributed by atoms with van der Waals surface area (Å²) >= 11 is 1.49. The molecule has 0 N–H and O–H groups in total. The van der Waals surface area contributed by atoms with Crippen LogP contribution in [0.1, 0.15) is 55.9 Å². The molecule has 1 unspecified atom stereocenters. The van der Waals surface area contributed by atoms with Crippen molar-refractivity contribution in [2.45, 2.75) is 46.6 Å². The van der Waals surface area contributed by atoms with Crippen molar-refractivity contribution < 1.29 is 4.79 Å². The molecule has 0 saturated heterocycles. The highest BCUT2D eigenvalue weighted by molar-refractivity contribution is 7.17. The highest BCUT2D eigenvalue weighted by atomic mass is 32.1. The molecule has 1 aromatic heterocycles. The Morgan fingerprint density at radius 1 is 1.24 bits per heavy atom. The Morgan fingerprint density at radius 2 is 1.82 bits per heavy atom. The first kappa shape index (κ1) is 14.2. The quantitative estimate of drug-likeness (QED) is 0.753. The maximum absolute atomic E-state index is 11.0. The number of hydrogen-bond acceptors (Lipinski definition) is 4. The molecule has 17 heavy (non-hydrogen) atoms. The molecule has 0 radical (unpaired) electrons. The molecular formula is C13H22N2OS. The van der Waals surface area contributed by atoms with Crippen LogP contribution in [0.15, 0.2) is 0 Å².